The average molecular weight is 282 g/mol. The molecule has 0 aliphatic rings. The molecule has 0 bridgehead atoms. The van der Waals surface area contributed by atoms with Gasteiger partial charge < -0.3 is 10.4 Å². The molecule has 1 unspecified atom stereocenters. The summed E-state index contributed by atoms with van der Waals surface area (Å²) in [7, 11) is 0. The molecular formula is C14H16ClNO3. The number of amides is 1. The number of rotatable bonds is 6. The van der Waals surface area contributed by atoms with Crippen LogP contribution < -0.4 is 5.32 Å². The molecule has 0 spiro atoms. The molecule has 5 heteroatoms. The van der Waals surface area contributed by atoms with Crippen molar-refractivity contribution in [2.45, 2.75) is 25.8 Å². The third-order valence-corrected chi connectivity index (χ3v) is 2.93. The van der Waals surface area contributed by atoms with E-state index in [0.29, 0.717) is 29.0 Å². The Morgan fingerprint density at radius 2 is 2.21 bits per heavy atom. The third-order valence-electron chi connectivity index (χ3n) is 2.70. The van der Waals surface area contributed by atoms with Crippen molar-refractivity contribution in [2.24, 2.45) is 0 Å². The maximum absolute atomic E-state index is 12.0. The van der Waals surface area contributed by atoms with Crippen LogP contribution in [0, 0.1) is 6.92 Å². The lowest BCUT2D eigenvalue weighted by Crippen LogP contribution is -2.40. The van der Waals surface area contributed by atoms with E-state index < -0.39 is 17.9 Å². The van der Waals surface area contributed by atoms with Crippen LogP contribution in [0.1, 0.15) is 28.8 Å². The van der Waals surface area contributed by atoms with Crippen molar-refractivity contribution in [2.75, 3.05) is 0 Å². The van der Waals surface area contributed by atoms with Gasteiger partial charge in [0.2, 0.25) is 0 Å². The van der Waals surface area contributed by atoms with E-state index in [1.807, 2.05) is 0 Å². The molecule has 0 heterocycles. The van der Waals surface area contributed by atoms with Crippen LogP contribution >= 0.6 is 11.6 Å². The highest BCUT2D eigenvalue weighted by molar-refractivity contribution is 6.30. The summed E-state index contributed by atoms with van der Waals surface area (Å²) in [5.74, 6) is -1.47. The van der Waals surface area contributed by atoms with Crippen LogP contribution in [-0.2, 0) is 4.79 Å². The number of carboxylic acid groups (broad SMARTS) is 1. The molecule has 2 N–H and O–H groups in total. The summed E-state index contributed by atoms with van der Waals surface area (Å²) in [4.78, 5) is 23.1. The number of hydrogen-bond donors (Lipinski definition) is 2. The fraction of sp³-hybridized carbons (Fsp3) is 0.286. The van der Waals surface area contributed by atoms with E-state index in [1.165, 1.54) is 0 Å². The molecule has 0 saturated heterocycles. The molecule has 1 amide bonds. The Balaban J connectivity index is 2.81. The Kier molecular flexibility index (Phi) is 5.57. The van der Waals surface area contributed by atoms with E-state index >= 15 is 0 Å². The molecular weight excluding hydrogens is 266 g/mol. The number of carbonyl (C=O) groups excluding carboxylic acids is 1. The number of carbonyl (C=O) groups is 2. The van der Waals surface area contributed by atoms with Gasteiger partial charge in [-0.25, -0.2) is 4.79 Å². The Labute approximate surface area is 117 Å². The highest BCUT2D eigenvalue weighted by Crippen LogP contribution is 2.15. The molecule has 4 nitrogen and oxygen atoms in total. The summed E-state index contributed by atoms with van der Waals surface area (Å²) in [5.41, 5.74) is 1.13. The number of hydrogen-bond acceptors (Lipinski definition) is 2. The number of carboxylic acids is 1. The topological polar surface area (TPSA) is 66.4 Å². The van der Waals surface area contributed by atoms with E-state index in [9.17, 15) is 9.59 Å². The Bertz CT molecular complexity index is 499. The largest absolute Gasteiger partial charge is 0.480 e. The number of benzene rings is 1. The summed E-state index contributed by atoms with van der Waals surface area (Å²) in [6.45, 7) is 5.28. The first-order chi connectivity index (χ1) is 8.95. The number of aliphatic carboxylic acids is 1. The highest BCUT2D eigenvalue weighted by atomic mass is 35.5. The first-order valence-electron chi connectivity index (χ1n) is 5.86. The SMILES string of the molecule is C=CCCC(NC(=O)c1ccc(Cl)cc1C)C(=O)O. The second kappa shape index (κ2) is 6.95. The van der Waals surface area contributed by atoms with Gasteiger partial charge in [0, 0.05) is 10.6 Å². The maximum Gasteiger partial charge on any atom is 0.326 e. The summed E-state index contributed by atoms with van der Waals surface area (Å²) in [6.07, 6.45) is 2.46. The first-order valence-corrected chi connectivity index (χ1v) is 6.24. The molecule has 1 rings (SSSR count). The van der Waals surface area contributed by atoms with Gasteiger partial charge in [0.15, 0.2) is 0 Å². The minimum absolute atomic E-state index is 0.317. The van der Waals surface area contributed by atoms with E-state index in [2.05, 4.69) is 11.9 Å². The zero-order valence-corrected chi connectivity index (χ0v) is 11.4. The van der Waals surface area contributed by atoms with Crippen molar-refractivity contribution in [3.63, 3.8) is 0 Å². The molecule has 1 aromatic rings. The molecule has 0 aliphatic heterocycles. The predicted octanol–water partition coefficient (Wildman–Crippen LogP) is 2.80. The molecule has 1 aromatic carbocycles. The summed E-state index contributed by atoms with van der Waals surface area (Å²) in [6, 6.07) is 3.93. The van der Waals surface area contributed by atoms with Crippen LogP contribution in [0.25, 0.3) is 0 Å². The van der Waals surface area contributed by atoms with Crippen molar-refractivity contribution in [1.82, 2.24) is 5.32 Å². The molecule has 1 atom stereocenters. The fourth-order valence-corrected chi connectivity index (χ4v) is 1.89. The Hall–Kier alpha value is -1.81. The van der Waals surface area contributed by atoms with Crippen LogP contribution in [0.4, 0.5) is 0 Å². The van der Waals surface area contributed by atoms with Crippen LogP contribution in [0.15, 0.2) is 30.9 Å². The maximum atomic E-state index is 12.0. The molecule has 0 fully saturated rings. The third kappa shape index (κ3) is 4.41. The fourth-order valence-electron chi connectivity index (χ4n) is 1.66. The summed E-state index contributed by atoms with van der Waals surface area (Å²) in [5, 5.41) is 12.1. The van der Waals surface area contributed by atoms with Crippen molar-refractivity contribution in [3.8, 4) is 0 Å². The van der Waals surface area contributed by atoms with Gasteiger partial charge in [-0.3, -0.25) is 4.79 Å². The smallest absolute Gasteiger partial charge is 0.326 e. The molecule has 0 aliphatic carbocycles. The Morgan fingerprint density at radius 3 is 2.74 bits per heavy atom. The van der Waals surface area contributed by atoms with Crippen molar-refractivity contribution < 1.29 is 14.7 Å². The van der Waals surface area contributed by atoms with Crippen molar-refractivity contribution >= 4 is 23.5 Å². The predicted molar refractivity (Wildman–Crippen MR) is 74.5 cm³/mol. The highest BCUT2D eigenvalue weighted by Gasteiger charge is 2.20. The van der Waals surface area contributed by atoms with Gasteiger partial charge in [0.05, 0.1) is 0 Å². The number of aryl methyl sites for hydroxylation is 1. The molecule has 0 aromatic heterocycles. The van der Waals surface area contributed by atoms with Crippen LogP contribution in [0.5, 0.6) is 0 Å². The zero-order chi connectivity index (χ0) is 14.4. The quantitative estimate of drug-likeness (QED) is 0.788. The number of nitrogens with one attached hydrogen (secondary N) is 1. The van der Waals surface area contributed by atoms with Gasteiger partial charge in [-0.2, -0.15) is 0 Å². The van der Waals surface area contributed by atoms with E-state index in [-0.39, 0.29) is 0 Å². The first kappa shape index (κ1) is 15.2. The minimum Gasteiger partial charge on any atom is -0.480 e. The normalized spacial score (nSPS) is 11.7. The monoisotopic (exact) mass is 281 g/mol. The van der Waals surface area contributed by atoms with Crippen molar-refractivity contribution in [1.29, 1.82) is 0 Å². The molecule has 102 valence electrons. The average Bonchev–Trinajstić information content (AvgIpc) is 2.33. The van der Waals surface area contributed by atoms with Gasteiger partial charge in [0.1, 0.15) is 6.04 Å². The standard InChI is InChI=1S/C14H16ClNO3/c1-3-4-5-12(14(18)19)16-13(17)11-7-6-10(15)8-9(11)2/h3,6-8,12H,1,4-5H2,2H3,(H,16,17)(H,18,19). The summed E-state index contributed by atoms with van der Waals surface area (Å²) < 4.78 is 0. The van der Waals surface area contributed by atoms with Gasteiger partial charge in [-0.15, -0.1) is 6.58 Å². The van der Waals surface area contributed by atoms with E-state index in [1.54, 1.807) is 31.2 Å². The zero-order valence-electron chi connectivity index (χ0n) is 10.6. The lowest BCUT2D eigenvalue weighted by molar-refractivity contribution is -0.139. The molecule has 0 radical (unpaired) electrons. The lowest BCUT2D eigenvalue weighted by Gasteiger charge is -2.14. The molecule has 19 heavy (non-hydrogen) atoms. The van der Waals surface area contributed by atoms with Crippen molar-refractivity contribution in [3.05, 3.63) is 47.0 Å². The summed E-state index contributed by atoms with van der Waals surface area (Å²) >= 11 is 5.81. The van der Waals surface area contributed by atoms with Crippen LogP contribution in [0.3, 0.4) is 0 Å². The van der Waals surface area contributed by atoms with E-state index in [4.69, 9.17) is 16.7 Å². The number of halogens is 1. The molecule has 0 saturated carbocycles. The second-order valence-electron chi connectivity index (χ2n) is 4.19. The Morgan fingerprint density at radius 1 is 1.53 bits per heavy atom. The minimum atomic E-state index is -1.05. The van der Waals surface area contributed by atoms with Crippen LogP contribution in [0.2, 0.25) is 5.02 Å². The van der Waals surface area contributed by atoms with Gasteiger partial charge >= 0.3 is 5.97 Å². The van der Waals surface area contributed by atoms with Crippen LogP contribution in [-0.4, -0.2) is 23.0 Å². The van der Waals surface area contributed by atoms with E-state index in [0.717, 1.165) is 0 Å². The number of allylic oxidation sites excluding steroid dienone is 1. The lowest BCUT2D eigenvalue weighted by atomic mass is 10.1. The second-order valence-corrected chi connectivity index (χ2v) is 4.63. The van der Waals surface area contributed by atoms with Gasteiger partial charge in [-0.1, -0.05) is 17.7 Å². The van der Waals surface area contributed by atoms with Gasteiger partial charge in [0.25, 0.3) is 5.91 Å². The van der Waals surface area contributed by atoms with Gasteiger partial charge in [-0.05, 0) is 43.5 Å².